The lowest BCUT2D eigenvalue weighted by atomic mass is 9.81. The van der Waals surface area contributed by atoms with Crippen LogP contribution in [0.4, 0.5) is 0 Å². The van der Waals surface area contributed by atoms with Crippen LogP contribution in [-0.4, -0.2) is 5.78 Å². The molecule has 1 aliphatic rings. The molecule has 0 amide bonds. The standard InChI is InChI=1S/C17H22O/c1-3-13(2)11-16-10-9-15(12-17(16)18)14-7-5-4-6-8-14/h4-8,12-13,16H,3,9-11H2,1-2H3. The molecule has 2 atom stereocenters. The molecule has 1 nitrogen and oxygen atoms in total. The highest BCUT2D eigenvalue weighted by Gasteiger charge is 2.24. The van der Waals surface area contributed by atoms with Crippen molar-refractivity contribution in [3.05, 3.63) is 42.0 Å². The van der Waals surface area contributed by atoms with Crippen LogP contribution in [0.5, 0.6) is 0 Å². The number of carbonyl (C=O) groups excluding carboxylic acids is 1. The van der Waals surface area contributed by atoms with E-state index >= 15 is 0 Å². The second-order valence-corrected chi connectivity index (χ2v) is 5.42. The van der Waals surface area contributed by atoms with Gasteiger partial charge in [0.1, 0.15) is 0 Å². The lowest BCUT2D eigenvalue weighted by Gasteiger charge is -2.23. The van der Waals surface area contributed by atoms with Gasteiger partial charge in [0, 0.05) is 5.92 Å². The zero-order valence-corrected chi connectivity index (χ0v) is 11.4. The van der Waals surface area contributed by atoms with Gasteiger partial charge in [0.05, 0.1) is 0 Å². The maximum Gasteiger partial charge on any atom is 0.159 e. The smallest absolute Gasteiger partial charge is 0.159 e. The fraction of sp³-hybridized carbons (Fsp3) is 0.471. The molecule has 1 aliphatic carbocycles. The molecule has 18 heavy (non-hydrogen) atoms. The number of hydrogen-bond acceptors (Lipinski definition) is 1. The molecule has 0 radical (unpaired) electrons. The van der Waals surface area contributed by atoms with Crippen LogP contribution >= 0.6 is 0 Å². The summed E-state index contributed by atoms with van der Waals surface area (Å²) in [5.74, 6) is 1.25. The number of benzene rings is 1. The average Bonchev–Trinajstić information content (AvgIpc) is 2.42. The van der Waals surface area contributed by atoms with E-state index < -0.39 is 0 Å². The number of ketones is 1. The van der Waals surface area contributed by atoms with Crippen molar-refractivity contribution in [2.45, 2.75) is 39.5 Å². The van der Waals surface area contributed by atoms with Gasteiger partial charge in [0.25, 0.3) is 0 Å². The molecule has 1 aromatic carbocycles. The van der Waals surface area contributed by atoms with Gasteiger partial charge in [0.2, 0.25) is 0 Å². The van der Waals surface area contributed by atoms with E-state index in [1.807, 2.05) is 24.3 Å². The quantitative estimate of drug-likeness (QED) is 0.760. The van der Waals surface area contributed by atoms with Crippen LogP contribution in [0.1, 0.15) is 45.1 Å². The summed E-state index contributed by atoms with van der Waals surface area (Å²) in [6.07, 6.45) is 6.15. The van der Waals surface area contributed by atoms with Gasteiger partial charge >= 0.3 is 0 Å². The van der Waals surface area contributed by atoms with Crippen LogP contribution in [0.25, 0.3) is 5.57 Å². The molecule has 0 saturated heterocycles. The van der Waals surface area contributed by atoms with Crippen LogP contribution in [0.15, 0.2) is 36.4 Å². The zero-order chi connectivity index (χ0) is 13.0. The van der Waals surface area contributed by atoms with Crippen molar-refractivity contribution in [3.63, 3.8) is 0 Å². The van der Waals surface area contributed by atoms with Gasteiger partial charge < -0.3 is 0 Å². The number of hydrogen-bond donors (Lipinski definition) is 0. The average molecular weight is 242 g/mol. The molecule has 0 aliphatic heterocycles. The first-order valence-corrected chi connectivity index (χ1v) is 7.00. The Hall–Kier alpha value is -1.37. The minimum absolute atomic E-state index is 0.257. The summed E-state index contributed by atoms with van der Waals surface area (Å²) in [5, 5.41) is 0. The third kappa shape index (κ3) is 3.10. The molecule has 2 unspecified atom stereocenters. The van der Waals surface area contributed by atoms with Crippen molar-refractivity contribution >= 4 is 11.4 Å². The van der Waals surface area contributed by atoms with Crippen molar-refractivity contribution in [1.82, 2.24) is 0 Å². The summed E-state index contributed by atoms with van der Waals surface area (Å²) in [6, 6.07) is 10.3. The fourth-order valence-corrected chi connectivity index (χ4v) is 2.60. The van der Waals surface area contributed by atoms with E-state index in [1.54, 1.807) is 0 Å². The Bertz CT molecular complexity index is 430. The Kier molecular flexibility index (Phi) is 4.35. The highest BCUT2D eigenvalue weighted by molar-refractivity contribution is 5.99. The molecule has 0 fully saturated rings. The summed E-state index contributed by atoms with van der Waals surface area (Å²) in [4.78, 5) is 12.2. The number of carbonyl (C=O) groups is 1. The Balaban J connectivity index is 2.07. The predicted molar refractivity (Wildman–Crippen MR) is 76.2 cm³/mol. The molecular weight excluding hydrogens is 220 g/mol. The minimum atomic E-state index is 0.257. The summed E-state index contributed by atoms with van der Waals surface area (Å²) >= 11 is 0. The molecular formula is C17H22O. The van der Waals surface area contributed by atoms with Crippen LogP contribution in [0.2, 0.25) is 0 Å². The third-order valence-corrected chi connectivity index (χ3v) is 4.01. The molecule has 0 bridgehead atoms. The van der Waals surface area contributed by atoms with E-state index in [0.29, 0.717) is 11.7 Å². The maximum atomic E-state index is 12.2. The first-order valence-electron chi connectivity index (χ1n) is 7.00. The maximum absolute atomic E-state index is 12.2. The number of rotatable bonds is 4. The third-order valence-electron chi connectivity index (χ3n) is 4.01. The second-order valence-electron chi connectivity index (χ2n) is 5.42. The van der Waals surface area contributed by atoms with E-state index in [9.17, 15) is 4.79 Å². The lowest BCUT2D eigenvalue weighted by molar-refractivity contribution is -0.119. The van der Waals surface area contributed by atoms with Crippen LogP contribution < -0.4 is 0 Å². The lowest BCUT2D eigenvalue weighted by Crippen LogP contribution is -2.19. The first kappa shape index (κ1) is 13.1. The zero-order valence-electron chi connectivity index (χ0n) is 11.4. The van der Waals surface area contributed by atoms with Crippen LogP contribution in [0, 0.1) is 11.8 Å². The predicted octanol–water partition coefficient (Wildman–Crippen LogP) is 4.49. The summed E-state index contributed by atoms with van der Waals surface area (Å²) in [6.45, 7) is 4.44. The van der Waals surface area contributed by atoms with E-state index in [-0.39, 0.29) is 5.92 Å². The summed E-state index contributed by atoms with van der Waals surface area (Å²) in [7, 11) is 0. The Morgan fingerprint density at radius 3 is 2.61 bits per heavy atom. The van der Waals surface area contributed by atoms with Gasteiger partial charge in [-0.3, -0.25) is 4.79 Å². The summed E-state index contributed by atoms with van der Waals surface area (Å²) in [5.41, 5.74) is 2.41. The van der Waals surface area contributed by atoms with Gasteiger partial charge in [-0.05, 0) is 42.4 Å². The Labute approximate surface area is 110 Å². The molecule has 0 spiro atoms. The molecule has 0 aromatic heterocycles. The number of allylic oxidation sites excluding steroid dienone is 2. The molecule has 0 heterocycles. The largest absolute Gasteiger partial charge is 0.295 e. The van der Waals surface area contributed by atoms with Crippen LogP contribution in [0.3, 0.4) is 0 Å². The topological polar surface area (TPSA) is 17.1 Å². The van der Waals surface area contributed by atoms with Crippen molar-refractivity contribution in [1.29, 1.82) is 0 Å². The second kappa shape index (κ2) is 5.99. The van der Waals surface area contributed by atoms with E-state index in [4.69, 9.17) is 0 Å². The fourth-order valence-electron chi connectivity index (χ4n) is 2.60. The van der Waals surface area contributed by atoms with Gasteiger partial charge in [-0.25, -0.2) is 0 Å². The van der Waals surface area contributed by atoms with Gasteiger partial charge in [-0.2, -0.15) is 0 Å². The highest BCUT2D eigenvalue weighted by Crippen LogP contribution is 2.31. The van der Waals surface area contributed by atoms with Gasteiger partial charge in [-0.15, -0.1) is 0 Å². The van der Waals surface area contributed by atoms with Crippen LogP contribution in [-0.2, 0) is 4.79 Å². The summed E-state index contributed by atoms with van der Waals surface area (Å²) < 4.78 is 0. The molecule has 0 N–H and O–H groups in total. The van der Waals surface area contributed by atoms with Crippen molar-refractivity contribution in [3.8, 4) is 0 Å². The van der Waals surface area contributed by atoms with Crippen molar-refractivity contribution in [2.75, 3.05) is 0 Å². The molecule has 0 saturated carbocycles. The Morgan fingerprint density at radius 2 is 2.00 bits per heavy atom. The molecule has 1 aromatic rings. The first-order chi connectivity index (χ1) is 8.70. The normalized spacial score (nSPS) is 21.6. The molecule has 96 valence electrons. The molecule has 2 rings (SSSR count). The van der Waals surface area contributed by atoms with E-state index in [2.05, 4.69) is 26.0 Å². The molecule has 1 heteroatoms. The van der Waals surface area contributed by atoms with E-state index in [1.165, 1.54) is 17.6 Å². The van der Waals surface area contributed by atoms with E-state index in [0.717, 1.165) is 19.3 Å². The Morgan fingerprint density at radius 1 is 1.28 bits per heavy atom. The minimum Gasteiger partial charge on any atom is -0.295 e. The van der Waals surface area contributed by atoms with Gasteiger partial charge in [-0.1, -0.05) is 50.6 Å². The SMILES string of the molecule is CCC(C)CC1CCC(c2ccccc2)=CC1=O. The monoisotopic (exact) mass is 242 g/mol. The van der Waals surface area contributed by atoms with Crippen molar-refractivity contribution < 1.29 is 4.79 Å². The highest BCUT2D eigenvalue weighted by atomic mass is 16.1. The van der Waals surface area contributed by atoms with Gasteiger partial charge in [0.15, 0.2) is 5.78 Å². The van der Waals surface area contributed by atoms with Crippen molar-refractivity contribution in [2.24, 2.45) is 11.8 Å².